The molecule has 1 N–H and O–H groups in total. The van der Waals surface area contributed by atoms with Crippen molar-refractivity contribution in [3.05, 3.63) is 29.7 Å². The summed E-state index contributed by atoms with van der Waals surface area (Å²) in [6, 6.07) is 0. The summed E-state index contributed by atoms with van der Waals surface area (Å²) in [5.74, 6) is 0.932. The zero-order valence-corrected chi connectivity index (χ0v) is 9.23. The summed E-state index contributed by atoms with van der Waals surface area (Å²) >= 11 is 0. The molecule has 0 saturated heterocycles. The SMILES string of the molecule is Cc1cn(C)nc1NCc1cnn(C)c1. The molecule has 2 rings (SSSR count). The lowest BCUT2D eigenvalue weighted by Gasteiger charge is -2.00. The van der Waals surface area contributed by atoms with Gasteiger partial charge in [0.15, 0.2) is 5.82 Å². The summed E-state index contributed by atoms with van der Waals surface area (Å²) in [4.78, 5) is 0. The second kappa shape index (κ2) is 3.76. The molecule has 0 unspecified atom stereocenters. The Morgan fingerprint density at radius 1 is 1.27 bits per heavy atom. The second-order valence-electron chi connectivity index (χ2n) is 3.71. The molecule has 0 fully saturated rings. The van der Waals surface area contributed by atoms with Gasteiger partial charge >= 0.3 is 0 Å². The van der Waals surface area contributed by atoms with E-state index in [0.29, 0.717) is 0 Å². The first-order chi connectivity index (χ1) is 7.15. The van der Waals surface area contributed by atoms with Crippen LogP contribution in [0.4, 0.5) is 5.82 Å². The van der Waals surface area contributed by atoms with E-state index in [1.54, 1.807) is 9.36 Å². The maximum absolute atomic E-state index is 4.31. The van der Waals surface area contributed by atoms with Crippen LogP contribution in [0.3, 0.4) is 0 Å². The van der Waals surface area contributed by atoms with Gasteiger partial charge in [0, 0.05) is 44.2 Å². The number of anilines is 1. The molecule has 0 amide bonds. The Bertz CT molecular complexity index is 454. The molecule has 5 heteroatoms. The zero-order chi connectivity index (χ0) is 10.8. The van der Waals surface area contributed by atoms with E-state index in [4.69, 9.17) is 0 Å². The maximum Gasteiger partial charge on any atom is 0.151 e. The molecule has 0 bridgehead atoms. The number of rotatable bonds is 3. The fraction of sp³-hybridized carbons (Fsp3) is 0.400. The van der Waals surface area contributed by atoms with Gasteiger partial charge in [-0.15, -0.1) is 0 Å². The lowest BCUT2D eigenvalue weighted by molar-refractivity contribution is 0.765. The van der Waals surface area contributed by atoms with E-state index in [1.165, 1.54) is 0 Å². The van der Waals surface area contributed by atoms with Crippen LogP contribution < -0.4 is 5.32 Å². The van der Waals surface area contributed by atoms with Crippen LogP contribution in [-0.4, -0.2) is 19.6 Å². The van der Waals surface area contributed by atoms with E-state index in [1.807, 2.05) is 39.6 Å². The number of hydrogen-bond donors (Lipinski definition) is 1. The molecule has 0 aromatic carbocycles. The number of nitrogens with one attached hydrogen (secondary N) is 1. The van der Waals surface area contributed by atoms with Crippen molar-refractivity contribution in [1.29, 1.82) is 0 Å². The van der Waals surface area contributed by atoms with Gasteiger partial charge in [-0.3, -0.25) is 9.36 Å². The van der Waals surface area contributed by atoms with Crippen molar-refractivity contribution in [3.8, 4) is 0 Å². The third-order valence-electron chi connectivity index (χ3n) is 2.23. The summed E-state index contributed by atoms with van der Waals surface area (Å²) in [6.45, 7) is 2.80. The van der Waals surface area contributed by atoms with Gasteiger partial charge in [0.1, 0.15) is 0 Å². The molecule has 0 aliphatic heterocycles. The van der Waals surface area contributed by atoms with Crippen LogP contribution >= 0.6 is 0 Å². The Morgan fingerprint density at radius 2 is 2.07 bits per heavy atom. The van der Waals surface area contributed by atoms with Crippen LogP contribution in [-0.2, 0) is 20.6 Å². The number of aryl methyl sites for hydroxylation is 3. The van der Waals surface area contributed by atoms with Gasteiger partial charge in [-0.2, -0.15) is 10.2 Å². The fourth-order valence-corrected chi connectivity index (χ4v) is 1.53. The first-order valence-corrected chi connectivity index (χ1v) is 4.87. The molecule has 0 radical (unpaired) electrons. The van der Waals surface area contributed by atoms with E-state index < -0.39 is 0 Å². The standard InChI is InChI=1S/C10H15N5/c1-8-6-15(3)13-10(8)11-4-9-5-12-14(2)7-9/h5-7H,4H2,1-3H3,(H,11,13). The Hall–Kier alpha value is -1.78. The van der Waals surface area contributed by atoms with Crippen LogP contribution in [0.5, 0.6) is 0 Å². The molecule has 15 heavy (non-hydrogen) atoms. The van der Waals surface area contributed by atoms with Gasteiger partial charge in [0.05, 0.1) is 6.20 Å². The predicted molar refractivity (Wildman–Crippen MR) is 58.5 cm³/mol. The Labute approximate surface area is 88.7 Å². The largest absolute Gasteiger partial charge is 0.364 e. The highest BCUT2D eigenvalue weighted by molar-refractivity contribution is 5.42. The average Bonchev–Trinajstić information content (AvgIpc) is 2.70. The molecule has 5 nitrogen and oxygen atoms in total. The second-order valence-corrected chi connectivity index (χ2v) is 3.71. The van der Waals surface area contributed by atoms with Crippen LogP contribution in [0.25, 0.3) is 0 Å². The number of nitrogens with zero attached hydrogens (tertiary/aromatic N) is 4. The molecular weight excluding hydrogens is 190 g/mol. The van der Waals surface area contributed by atoms with Crippen molar-refractivity contribution in [2.75, 3.05) is 5.32 Å². The average molecular weight is 205 g/mol. The molecule has 2 aromatic heterocycles. The van der Waals surface area contributed by atoms with Gasteiger partial charge in [-0.05, 0) is 6.92 Å². The molecule has 0 atom stereocenters. The minimum absolute atomic E-state index is 0.756. The lowest BCUT2D eigenvalue weighted by atomic mass is 10.3. The van der Waals surface area contributed by atoms with Crippen LogP contribution in [0, 0.1) is 6.92 Å². The molecule has 0 saturated carbocycles. The number of aromatic nitrogens is 4. The van der Waals surface area contributed by atoms with E-state index in [9.17, 15) is 0 Å². The summed E-state index contributed by atoms with van der Waals surface area (Å²) in [7, 11) is 3.83. The molecule has 80 valence electrons. The smallest absolute Gasteiger partial charge is 0.151 e. The third kappa shape index (κ3) is 2.18. The molecule has 0 aliphatic rings. The van der Waals surface area contributed by atoms with Crippen LogP contribution in [0.2, 0.25) is 0 Å². The molecule has 2 aromatic rings. The van der Waals surface area contributed by atoms with Crippen molar-refractivity contribution in [2.24, 2.45) is 14.1 Å². The molecule has 0 spiro atoms. The Kier molecular flexibility index (Phi) is 2.45. The zero-order valence-electron chi connectivity index (χ0n) is 9.23. The minimum Gasteiger partial charge on any atom is -0.364 e. The Morgan fingerprint density at radius 3 is 2.60 bits per heavy atom. The number of hydrogen-bond acceptors (Lipinski definition) is 3. The molecule has 2 heterocycles. The van der Waals surface area contributed by atoms with E-state index in [0.717, 1.165) is 23.5 Å². The van der Waals surface area contributed by atoms with E-state index >= 15 is 0 Å². The van der Waals surface area contributed by atoms with Crippen molar-refractivity contribution in [1.82, 2.24) is 19.6 Å². The summed E-state index contributed by atoms with van der Waals surface area (Å²) < 4.78 is 3.60. The molecule has 0 aliphatic carbocycles. The van der Waals surface area contributed by atoms with Gasteiger partial charge in [-0.25, -0.2) is 0 Å². The highest BCUT2D eigenvalue weighted by atomic mass is 15.3. The van der Waals surface area contributed by atoms with Gasteiger partial charge in [0.25, 0.3) is 0 Å². The van der Waals surface area contributed by atoms with E-state index in [2.05, 4.69) is 15.5 Å². The topological polar surface area (TPSA) is 47.7 Å². The normalized spacial score (nSPS) is 10.6. The summed E-state index contributed by atoms with van der Waals surface area (Å²) in [6.07, 6.45) is 5.84. The van der Waals surface area contributed by atoms with Gasteiger partial charge in [-0.1, -0.05) is 0 Å². The van der Waals surface area contributed by atoms with Crippen molar-refractivity contribution >= 4 is 5.82 Å². The van der Waals surface area contributed by atoms with Crippen molar-refractivity contribution in [3.63, 3.8) is 0 Å². The van der Waals surface area contributed by atoms with Crippen molar-refractivity contribution < 1.29 is 0 Å². The maximum atomic E-state index is 4.31. The molecular formula is C10H15N5. The van der Waals surface area contributed by atoms with Crippen LogP contribution in [0.15, 0.2) is 18.6 Å². The lowest BCUT2D eigenvalue weighted by Crippen LogP contribution is -2.01. The fourth-order valence-electron chi connectivity index (χ4n) is 1.53. The van der Waals surface area contributed by atoms with Gasteiger partial charge < -0.3 is 5.32 Å². The highest BCUT2D eigenvalue weighted by Crippen LogP contribution is 2.11. The first-order valence-electron chi connectivity index (χ1n) is 4.87. The summed E-state index contributed by atoms with van der Waals surface area (Å²) in [5.41, 5.74) is 2.31. The first kappa shape index (κ1) is 9.76. The highest BCUT2D eigenvalue weighted by Gasteiger charge is 2.02. The quantitative estimate of drug-likeness (QED) is 0.815. The van der Waals surface area contributed by atoms with Gasteiger partial charge in [0.2, 0.25) is 0 Å². The third-order valence-corrected chi connectivity index (χ3v) is 2.23. The van der Waals surface area contributed by atoms with Crippen LogP contribution in [0.1, 0.15) is 11.1 Å². The van der Waals surface area contributed by atoms with Crippen molar-refractivity contribution in [2.45, 2.75) is 13.5 Å². The summed E-state index contributed by atoms with van der Waals surface area (Å²) in [5, 5.41) is 11.7. The predicted octanol–water partition coefficient (Wildman–Crippen LogP) is 1.07. The van der Waals surface area contributed by atoms with E-state index in [-0.39, 0.29) is 0 Å². The minimum atomic E-state index is 0.756. The monoisotopic (exact) mass is 205 g/mol. The Balaban J connectivity index is 2.01.